The Morgan fingerprint density at radius 2 is 2.17 bits per heavy atom. The number of furan rings is 1. The molecule has 2 rings (SSSR count). The Hall–Kier alpha value is -1.94. The fourth-order valence-electron chi connectivity index (χ4n) is 1.43. The third-order valence-electron chi connectivity index (χ3n) is 2.30. The molecule has 1 aromatic heterocycles. The summed E-state index contributed by atoms with van der Waals surface area (Å²) < 4.78 is 10.4. The van der Waals surface area contributed by atoms with E-state index in [0.717, 1.165) is 11.4 Å². The van der Waals surface area contributed by atoms with Gasteiger partial charge in [-0.2, -0.15) is 5.10 Å². The minimum Gasteiger partial charge on any atom is -0.495 e. The van der Waals surface area contributed by atoms with Crippen molar-refractivity contribution in [2.45, 2.75) is 6.92 Å². The standard InChI is InChI=1S/C13H13ClN2O2/c1-9-3-5-11(18-9)8-15-16-10-4-6-13(17-2)12(14)7-10/h3-8,16H,1-2H3/b15-8+. The van der Waals surface area contributed by atoms with Crippen molar-refractivity contribution >= 4 is 23.5 Å². The van der Waals surface area contributed by atoms with Gasteiger partial charge in [0.05, 0.1) is 24.0 Å². The number of nitrogens with one attached hydrogen (secondary N) is 1. The van der Waals surface area contributed by atoms with Crippen molar-refractivity contribution in [3.8, 4) is 5.75 Å². The predicted molar refractivity (Wildman–Crippen MR) is 72.7 cm³/mol. The summed E-state index contributed by atoms with van der Waals surface area (Å²) in [5.74, 6) is 2.18. The van der Waals surface area contributed by atoms with E-state index >= 15 is 0 Å². The van der Waals surface area contributed by atoms with Crippen LogP contribution < -0.4 is 10.2 Å². The molecule has 1 heterocycles. The highest BCUT2D eigenvalue weighted by atomic mass is 35.5. The molecule has 5 heteroatoms. The number of aryl methyl sites for hydroxylation is 1. The number of hydrazone groups is 1. The van der Waals surface area contributed by atoms with E-state index in [4.69, 9.17) is 20.8 Å². The third-order valence-corrected chi connectivity index (χ3v) is 2.59. The number of methoxy groups -OCH3 is 1. The zero-order valence-electron chi connectivity index (χ0n) is 10.1. The lowest BCUT2D eigenvalue weighted by Crippen LogP contribution is -1.91. The molecule has 0 amide bonds. The van der Waals surface area contributed by atoms with Crippen molar-refractivity contribution in [2.24, 2.45) is 5.10 Å². The van der Waals surface area contributed by atoms with Gasteiger partial charge >= 0.3 is 0 Å². The summed E-state index contributed by atoms with van der Waals surface area (Å²) in [6.07, 6.45) is 1.60. The Labute approximate surface area is 110 Å². The summed E-state index contributed by atoms with van der Waals surface area (Å²) in [6.45, 7) is 1.88. The third kappa shape index (κ3) is 3.05. The highest BCUT2D eigenvalue weighted by Crippen LogP contribution is 2.27. The number of nitrogens with zero attached hydrogens (tertiary/aromatic N) is 1. The summed E-state index contributed by atoms with van der Waals surface area (Å²) >= 11 is 5.99. The molecule has 2 aromatic rings. The van der Waals surface area contributed by atoms with E-state index in [9.17, 15) is 0 Å². The van der Waals surface area contributed by atoms with Gasteiger partial charge in [0.25, 0.3) is 0 Å². The predicted octanol–water partition coefficient (Wildman–Crippen LogP) is 3.70. The first-order valence-corrected chi connectivity index (χ1v) is 5.76. The maximum Gasteiger partial charge on any atom is 0.147 e. The molecule has 0 bridgehead atoms. The summed E-state index contributed by atoms with van der Waals surface area (Å²) in [6, 6.07) is 9.07. The van der Waals surface area contributed by atoms with E-state index in [1.165, 1.54) is 0 Å². The molecular formula is C13H13ClN2O2. The van der Waals surface area contributed by atoms with Crippen molar-refractivity contribution in [2.75, 3.05) is 12.5 Å². The molecule has 1 N–H and O–H groups in total. The molecule has 0 saturated heterocycles. The highest BCUT2D eigenvalue weighted by molar-refractivity contribution is 6.32. The minimum absolute atomic E-state index is 0.534. The minimum atomic E-state index is 0.534. The Balaban J connectivity index is 2.02. The van der Waals surface area contributed by atoms with Crippen molar-refractivity contribution in [1.82, 2.24) is 0 Å². The van der Waals surface area contributed by atoms with Crippen LogP contribution in [0.1, 0.15) is 11.5 Å². The maximum atomic E-state index is 5.99. The van der Waals surface area contributed by atoms with Gasteiger partial charge in [0.15, 0.2) is 0 Å². The molecule has 0 saturated carbocycles. The van der Waals surface area contributed by atoms with Crippen LogP contribution in [0, 0.1) is 6.92 Å². The normalized spacial score (nSPS) is 10.8. The number of hydrogen-bond donors (Lipinski definition) is 1. The summed E-state index contributed by atoms with van der Waals surface area (Å²) in [4.78, 5) is 0. The zero-order chi connectivity index (χ0) is 13.0. The lowest BCUT2D eigenvalue weighted by atomic mass is 10.3. The maximum absolute atomic E-state index is 5.99. The average Bonchev–Trinajstić information content (AvgIpc) is 2.75. The average molecular weight is 265 g/mol. The topological polar surface area (TPSA) is 46.8 Å². The number of rotatable bonds is 4. The van der Waals surface area contributed by atoms with Crippen molar-refractivity contribution in [3.05, 3.63) is 46.9 Å². The molecule has 0 fully saturated rings. The van der Waals surface area contributed by atoms with Gasteiger partial charge in [-0.1, -0.05) is 11.6 Å². The second-order valence-corrected chi connectivity index (χ2v) is 4.07. The fourth-order valence-corrected chi connectivity index (χ4v) is 1.69. The summed E-state index contributed by atoms with van der Waals surface area (Å²) in [5, 5.41) is 4.59. The molecule has 18 heavy (non-hydrogen) atoms. The molecular weight excluding hydrogens is 252 g/mol. The molecule has 0 aliphatic heterocycles. The van der Waals surface area contributed by atoms with Crippen LogP contribution >= 0.6 is 11.6 Å². The number of ether oxygens (including phenoxy) is 1. The second-order valence-electron chi connectivity index (χ2n) is 3.67. The van der Waals surface area contributed by atoms with Crippen LogP contribution in [0.3, 0.4) is 0 Å². The van der Waals surface area contributed by atoms with E-state index in [-0.39, 0.29) is 0 Å². The molecule has 4 nitrogen and oxygen atoms in total. The van der Waals surface area contributed by atoms with Crippen LogP contribution in [0.15, 0.2) is 39.9 Å². The van der Waals surface area contributed by atoms with E-state index in [0.29, 0.717) is 16.5 Å². The van der Waals surface area contributed by atoms with Gasteiger partial charge in [-0.15, -0.1) is 0 Å². The number of anilines is 1. The first-order chi connectivity index (χ1) is 8.69. The molecule has 94 valence electrons. The second kappa shape index (κ2) is 5.60. The molecule has 0 aliphatic carbocycles. The van der Waals surface area contributed by atoms with E-state index in [2.05, 4.69) is 10.5 Å². The lowest BCUT2D eigenvalue weighted by Gasteiger charge is -2.04. The van der Waals surface area contributed by atoms with Crippen LogP contribution in [-0.2, 0) is 0 Å². The number of halogens is 1. The van der Waals surface area contributed by atoms with Crippen molar-refractivity contribution < 1.29 is 9.15 Å². The Bertz CT molecular complexity index is 564. The van der Waals surface area contributed by atoms with Gasteiger partial charge < -0.3 is 9.15 Å². The largest absolute Gasteiger partial charge is 0.495 e. The molecule has 0 aliphatic rings. The smallest absolute Gasteiger partial charge is 0.147 e. The Morgan fingerprint density at radius 3 is 2.78 bits per heavy atom. The first-order valence-electron chi connectivity index (χ1n) is 5.38. The van der Waals surface area contributed by atoms with Crippen LogP contribution in [0.25, 0.3) is 0 Å². The lowest BCUT2D eigenvalue weighted by molar-refractivity contribution is 0.415. The van der Waals surface area contributed by atoms with Gasteiger partial charge in [0.1, 0.15) is 17.3 Å². The van der Waals surface area contributed by atoms with Gasteiger partial charge in [-0.3, -0.25) is 5.43 Å². The zero-order valence-corrected chi connectivity index (χ0v) is 10.9. The highest BCUT2D eigenvalue weighted by Gasteiger charge is 2.00. The van der Waals surface area contributed by atoms with Gasteiger partial charge in [0.2, 0.25) is 0 Å². The first kappa shape index (κ1) is 12.5. The van der Waals surface area contributed by atoms with Crippen LogP contribution in [0.4, 0.5) is 5.69 Å². The van der Waals surface area contributed by atoms with Gasteiger partial charge in [-0.05, 0) is 37.3 Å². The fraction of sp³-hybridized carbons (Fsp3) is 0.154. The van der Waals surface area contributed by atoms with Crippen molar-refractivity contribution in [3.63, 3.8) is 0 Å². The summed E-state index contributed by atoms with van der Waals surface area (Å²) in [7, 11) is 1.58. The van der Waals surface area contributed by atoms with Crippen LogP contribution in [-0.4, -0.2) is 13.3 Å². The van der Waals surface area contributed by atoms with E-state index in [1.807, 2.05) is 25.1 Å². The Kier molecular flexibility index (Phi) is 3.89. The molecule has 0 spiro atoms. The molecule has 0 unspecified atom stereocenters. The SMILES string of the molecule is COc1ccc(N/N=C/c2ccc(C)o2)cc1Cl. The van der Waals surface area contributed by atoms with Crippen molar-refractivity contribution in [1.29, 1.82) is 0 Å². The molecule has 0 atom stereocenters. The van der Waals surface area contributed by atoms with Gasteiger partial charge in [0, 0.05) is 0 Å². The summed E-state index contributed by atoms with van der Waals surface area (Å²) in [5.41, 5.74) is 3.64. The van der Waals surface area contributed by atoms with Gasteiger partial charge in [-0.25, -0.2) is 0 Å². The van der Waals surface area contributed by atoms with Crippen LogP contribution in [0.5, 0.6) is 5.75 Å². The van der Waals surface area contributed by atoms with E-state index < -0.39 is 0 Å². The number of hydrogen-bond acceptors (Lipinski definition) is 4. The monoisotopic (exact) mass is 264 g/mol. The number of benzene rings is 1. The molecule has 0 radical (unpaired) electrons. The van der Waals surface area contributed by atoms with E-state index in [1.54, 1.807) is 25.5 Å². The quantitative estimate of drug-likeness (QED) is 0.677. The Morgan fingerprint density at radius 1 is 1.33 bits per heavy atom. The van der Waals surface area contributed by atoms with Crippen LogP contribution in [0.2, 0.25) is 5.02 Å². The molecule has 1 aromatic carbocycles.